The van der Waals surface area contributed by atoms with Crippen molar-refractivity contribution in [3.05, 3.63) is 0 Å². The van der Waals surface area contributed by atoms with E-state index < -0.39 is 14.7 Å². The van der Waals surface area contributed by atoms with Crippen LogP contribution >= 0.6 is 11.8 Å². The van der Waals surface area contributed by atoms with E-state index in [0.29, 0.717) is 0 Å². The molecule has 0 aliphatic carbocycles. The third kappa shape index (κ3) is 2.51. The molecular weight excluding hydrogens is 132 g/mol. The highest BCUT2D eigenvalue weighted by molar-refractivity contribution is 8.29. The van der Waals surface area contributed by atoms with Gasteiger partial charge in [-0.05, 0) is 6.26 Å². The van der Waals surface area contributed by atoms with Crippen LogP contribution in [0.15, 0.2) is 0 Å². The first-order valence-corrected chi connectivity index (χ1v) is 3.86. The van der Waals surface area contributed by atoms with Crippen LogP contribution < -0.4 is 0 Å². The van der Waals surface area contributed by atoms with E-state index in [1.165, 1.54) is 6.26 Å². The summed E-state index contributed by atoms with van der Waals surface area (Å²) in [6, 6.07) is 0. The van der Waals surface area contributed by atoms with Crippen molar-refractivity contribution < 1.29 is 9.00 Å². The van der Waals surface area contributed by atoms with Crippen LogP contribution in [-0.4, -0.2) is 14.9 Å². The van der Waals surface area contributed by atoms with E-state index >= 15 is 0 Å². The van der Waals surface area contributed by atoms with Gasteiger partial charge in [0.2, 0.25) is 0 Å². The van der Waals surface area contributed by atoms with Crippen LogP contribution in [0.3, 0.4) is 0 Å². The smallest absolute Gasteiger partial charge is 0.267 e. The van der Waals surface area contributed by atoms with Crippen molar-refractivity contribution in [2.24, 2.45) is 0 Å². The zero-order valence-corrected chi connectivity index (χ0v) is 5.34. The quantitative estimate of drug-likeness (QED) is 0.494. The van der Waals surface area contributed by atoms with E-state index in [2.05, 4.69) is 5.69 Å². The Hall–Kier alpha value is -0.180. The molecule has 0 radical (unpaired) electrons. The van der Waals surface area contributed by atoms with Crippen LogP contribution in [0.5, 0.6) is 0 Å². The Balaban J connectivity index is 3.93. The van der Waals surface area contributed by atoms with Crippen LogP contribution in [0, 0.1) is 5.69 Å². The number of thioether (sulfide) groups is 1. The minimum Gasteiger partial charge on any atom is -0.267 e. The molecule has 0 fully saturated rings. The molecule has 0 aliphatic heterocycles. The number of hydrogen-bond donors (Lipinski definition) is 0. The van der Waals surface area contributed by atoms with Crippen LogP contribution in [0.2, 0.25) is 0 Å². The Labute approximate surface area is 48.0 Å². The second-order valence-electron chi connectivity index (χ2n) is 0.752. The lowest BCUT2D eigenvalue weighted by atomic mass is 11.8. The molecule has 0 saturated heterocycles. The number of rotatable bonds is 0. The lowest BCUT2D eigenvalue weighted by Gasteiger charge is -1.73. The molecule has 0 N–H and O–H groups in total. The van der Waals surface area contributed by atoms with Crippen molar-refractivity contribution >= 4 is 26.4 Å². The van der Waals surface area contributed by atoms with Gasteiger partial charge in [0.15, 0.2) is 0 Å². The summed E-state index contributed by atoms with van der Waals surface area (Å²) >= 11 is 0.869. The summed E-state index contributed by atoms with van der Waals surface area (Å²) in [5, 5.41) is 0. The summed E-state index contributed by atoms with van der Waals surface area (Å²) in [7, 11) is -1.79. The minimum absolute atomic E-state index is 0.486. The van der Waals surface area contributed by atoms with E-state index in [0.717, 1.165) is 11.8 Å². The summed E-state index contributed by atoms with van der Waals surface area (Å²) in [6.07, 6.45) is 1.53. The van der Waals surface area contributed by atoms with Crippen LogP contribution in [0.1, 0.15) is 0 Å². The van der Waals surface area contributed by atoms with Gasteiger partial charge in [-0.3, -0.25) is 4.79 Å². The van der Waals surface area contributed by atoms with Gasteiger partial charge in [0, 0.05) is 0 Å². The fourth-order valence-corrected chi connectivity index (χ4v) is 0.739. The second kappa shape index (κ2) is 2.91. The van der Waals surface area contributed by atoms with Gasteiger partial charge in [0.25, 0.3) is 4.45 Å². The first kappa shape index (κ1) is 6.82. The van der Waals surface area contributed by atoms with E-state index in [4.69, 9.17) is 0 Å². The monoisotopic (exact) mass is 136 g/mol. The average Bonchev–Trinajstić information content (AvgIpc) is 1.65. The molecule has 0 aromatic rings. The summed E-state index contributed by atoms with van der Waals surface area (Å²) < 4.78 is 9.41. The molecule has 0 bridgehead atoms. The Morgan fingerprint density at radius 3 is 2.29 bits per heavy atom. The van der Waals surface area contributed by atoms with Gasteiger partial charge in [-0.15, -0.1) is 0 Å². The molecule has 0 aliphatic rings. The van der Waals surface area contributed by atoms with Crippen LogP contribution in [-0.2, 0) is 10.2 Å². The first-order valence-electron chi connectivity index (χ1n) is 1.42. The molecule has 0 saturated carbocycles. The van der Waals surface area contributed by atoms with Crippen molar-refractivity contribution in [1.29, 1.82) is 0 Å². The van der Waals surface area contributed by atoms with E-state index in [1.54, 1.807) is 0 Å². The van der Waals surface area contributed by atoms with Crippen LogP contribution in [0.4, 0.5) is 4.79 Å². The molecule has 2 nitrogen and oxygen atoms in total. The Kier molecular flexibility index (Phi) is 2.83. The predicted octanol–water partition coefficient (Wildman–Crippen LogP) is 0.807. The van der Waals surface area contributed by atoms with Crippen molar-refractivity contribution in [2.75, 3.05) is 6.26 Å². The number of carbonyl (C=O) groups excluding carboxylic acids is 1. The fourth-order valence-electron chi connectivity index (χ4n) is 0.0821. The van der Waals surface area contributed by atoms with E-state index in [-0.39, 0.29) is 0 Å². The Bertz CT molecular complexity index is 176. The van der Waals surface area contributed by atoms with Gasteiger partial charge in [-0.25, -0.2) is 4.21 Å². The standard InChI is InChI=1S/C3H4O2S2/c1-6-3(4)7(2)5/h2H,1H3. The summed E-state index contributed by atoms with van der Waals surface area (Å²) in [5.41, 5.74) is 4.65. The maximum Gasteiger partial charge on any atom is 0.298 e. The molecule has 0 atom stereocenters. The topological polar surface area (TPSA) is 34.1 Å². The zero-order chi connectivity index (χ0) is 5.86. The van der Waals surface area contributed by atoms with Gasteiger partial charge < -0.3 is 0 Å². The van der Waals surface area contributed by atoms with Crippen LogP contribution in [0.25, 0.3) is 0 Å². The largest absolute Gasteiger partial charge is 0.298 e. The summed E-state index contributed by atoms with van der Waals surface area (Å²) in [4.78, 5) is 10.0. The highest BCUT2D eigenvalue weighted by Crippen LogP contribution is 1.94. The molecule has 0 aromatic heterocycles. The van der Waals surface area contributed by atoms with E-state index in [9.17, 15) is 9.00 Å². The lowest BCUT2D eigenvalue weighted by molar-refractivity contribution is 0.276. The van der Waals surface area contributed by atoms with Gasteiger partial charge in [-0.2, -0.15) is 0 Å². The summed E-state index contributed by atoms with van der Waals surface area (Å²) in [6.45, 7) is 0. The van der Waals surface area contributed by atoms with Gasteiger partial charge in [-0.1, -0.05) is 17.4 Å². The van der Waals surface area contributed by atoms with Gasteiger partial charge >= 0.3 is 0 Å². The molecule has 0 unspecified atom stereocenters. The molecule has 0 rings (SSSR count). The van der Waals surface area contributed by atoms with Gasteiger partial charge in [0.05, 0.1) is 10.2 Å². The SMILES string of the molecule is C#S(=O)C(=O)SC. The van der Waals surface area contributed by atoms with Crippen molar-refractivity contribution in [3.63, 3.8) is 0 Å². The summed E-state index contributed by atoms with van der Waals surface area (Å²) in [5.74, 6) is 0. The molecule has 40 valence electrons. The zero-order valence-electron chi connectivity index (χ0n) is 3.71. The number of carbonyl (C=O) groups is 1. The van der Waals surface area contributed by atoms with Gasteiger partial charge in [0.1, 0.15) is 0 Å². The number of hydrogen-bond acceptors (Lipinski definition) is 3. The highest BCUT2D eigenvalue weighted by Gasteiger charge is 1.92. The van der Waals surface area contributed by atoms with E-state index in [1.807, 2.05) is 0 Å². The fraction of sp³-hybridized carbons (Fsp3) is 0.333. The first-order chi connectivity index (χ1) is 3.18. The highest BCUT2D eigenvalue weighted by atomic mass is 32.2. The second-order valence-corrected chi connectivity index (χ2v) is 2.75. The molecule has 4 heteroatoms. The minimum atomic E-state index is -1.79. The molecule has 0 heterocycles. The van der Waals surface area contributed by atoms with Crippen molar-refractivity contribution in [2.45, 2.75) is 0 Å². The van der Waals surface area contributed by atoms with Crippen molar-refractivity contribution in [3.8, 4) is 5.69 Å². The predicted molar refractivity (Wildman–Crippen MR) is 32.0 cm³/mol. The molecular formula is C3H4O2S2. The lowest BCUT2D eigenvalue weighted by Crippen LogP contribution is -1.81. The molecule has 7 heavy (non-hydrogen) atoms. The average molecular weight is 136 g/mol. The maximum atomic E-state index is 10.0. The maximum absolute atomic E-state index is 10.0. The molecule has 0 aromatic carbocycles. The third-order valence-electron chi connectivity index (χ3n) is 0.331. The Morgan fingerprint density at radius 2 is 2.29 bits per heavy atom. The molecule has 0 spiro atoms. The molecule has 0 amide bonds. The Morgan fingerprint density at radius 1 is 1.86 bits per heavy atom. The normalized spacial score (nSPS) is 8.00. The third-order valence-corrected chi connectivity index (χ3v) is 1.99. The van der Waals surface area contributed by atoms with Crippen molar-refractivity contribution in [1.82, 2.24) is 0 Å².